The van der Waals surface area contributed by atoms with E-state index in [1.54, 1.807) is 18.2 Å². The number of anilines is 1. The van der Waals surface area contributed by atoms with Gasteiger partial charge in [-0.25, -0.2) is 4.21 Å². The number of hydrogen-bond acceptors (Lipinski definition) is 2. The van der Waals surface area contributed by atoms with Crippen molar-refractivity contribution in [2.24, 2.45) is 0 Å². The standard InChI is InChI=1S/C8H11NO2S.C2H6/c1-6-3-4-8(10)7(5-6)9-12(2)11;1-2/h3-5,9-10H,1-2H3;1-2H3. The SMILES string of the molecule is CC.Cc1ccc(O)c(NS(C)=O)c1. The topological polar surface area (TPSA) is 49.3 Å². The summed E-state index contributed by atoms with van der Waals surface area (Å²) in [5.74, 6) is 0.121. The first-order valence-electron chi connectivity index (χ1n) is 4.49. The van der Waals surface area contributed by atoms with E-state index in [0.29, 0.717) is 5.69 Å². The average molecular weight is 215 g/mol. The van der Waals surface area contributed by atoms with Gasteiger partial charge in [-0.3, -0.25) is 0 Å². The molecule has 1 aromatic rings. The van der Waals surface area contributed by atoms with E-state index < -0.39 is 11.0 Å². The molecule has 80 valence electrons. The van der Waals surface area contributed by atoms with Crippen molar-refractivity contribution in [2.45, 2.75) is 20.8 Å². The predicted octanol–water partition coefficient (Wildman–Crippen LogP) is 2.43. The van der Waals surface area contributed by atoms with Crippen LogP contribution in [0.4, 0.5) is 5.69 Å². The number of aryl methyl sites for hydroxylation is 1. The Kier molecular flexibility index (Phi) is 5.95. The number of hydrogen-bond donors (Lipinski definition) is 2. The van der Waals surface area contributed by atoms with Gasteiger partial charge in [-0.2, -0.15) is 0 Å². The third-order valence-electron chi connectivity index (χ3n) is 1.41. The molecule has 0 saturated carbocycles. The second-order valence-corrected chi connectivity index (χ2v) is 3.69. The second kappa shape index (κ2) is 6.43. The molecule has 0 spiro atoms. The molecule has 0 amide bonds. The molecule has 2 N–H and O–H groups in total. The summed E-state index contributed by atoms with van der Waals surface area (Å²) in [4.78, 5) is 0. The monoisotopic (exact) mass is 215 g/mol. The van der Waals surface area contributed by atoms with Gasteiger partial charge in [-0.1, -0.05) is 19.9 Å². The molecule has 0 heterocycles. The summed E-state index contributed by atoms with van der Waals surface area (Å²) < 4.78 is 13.4. The van der Waals surface area contributed by atoms with Crippen LogP contribution in [0.5, 0.6) is 5.75 Å². The smallest absolute Gasteiger partial charge is 0.139 e. The van der Waals surface area contributed by atoms with Crippen LogP contribution in [0, 0.1) is 6.92 Å². The first kappa shape index (κ1) is 13.0. The summed E-state index contributed by atoms with van der Waals surface area (Å²) in [6.45, 7) is 5.91. The molecule has 0 aliphatic carbocycles. The lowest BCUT2D eigenvalue weighted by Crippen LogP contribution is -2.01. The van der Waals surface area contributed by atoms with Crippen molar-refractivity contribution in [3.05, 3.63) is 23.8 Å². The minimum atomic E-state index is -1.15. The van der Waals surface area contributed by atoms with E-state index in [9.17, 15) is 9.32 Å². The molecule has 0 radical (unpaired) electrons. The van der Waals surface area contributed by atoms with Gasteiger partial charge in [-0.05, 0) is 24.6 Å². The molecule has 0 saturated heterocycles. The lowest BCUT2D eigenvalue weighted by molar-refractivity contribution is 0.478. The molecule has 0 aliphatic rings. The highest BCUT2D eigenvalue weighted by atomic mass is 32.2. The Morgan fingerprint density at radius 3 is 2.43 bits per heavy atom. The van der Waals surface area contributed by atoms with Crippen LogP contribution < -0.4 is 4.72 Å². The van der Waals surface area contributed by atoms with Crippen LogP contribution in [-0.2, 0) is 11.0 Å². The molecule has 0 fully saturated rings. The quantitative estimate of drug-likeness (QED) is 0.744. The van der Waals surface area contributed by atoms with Gasteiger partial charge in [0, 0.05) is 6.26 Å². The number of nitrogens with one attached hydrogen (secondary N) is 1. The zero-order valence-corrected chi connectivity index (χ0v) is 9.81. The fraction of sp³-hybridized carbons (Fsp3) is 0.400. The lowest BCUT2D eigenvalue weighted by Gasteiger charge is -2.05. The van der Waals surface area contributed by atoms with Crippen LogP contribution in [0.15, 0.2) is 18.2 Å². The summed E-state index contributed by atoms with van der Waals surface area (Å²) in [7, 11) is -1.15. The highest BCUT2D eigenvalue weighted by Crippen LogP contribution is 2.23. The van der Waals surface area contributed by atoms with E-state index in [1.807, 2.05) is 20.8 Å². The van der Waals surface area contributed by atoms with Gasteiger partial charge in [0.2, 0.25) is 0 Å². The summed E-state index contributed by atoms with van der Waals surface area (Å²) in [6, 6.07) is 5.11. The van der Waals surface area contributed by atoms with Crippen molar-refractivity contribution in [2.75, 3.05) is 11.0 Å². The number of aromatic hydroxyl groups is 1. The maximum Gasteiger partial charge on any atom is 0.139 e. The van der Waals surface area contributed by atoms with Gasteiger partial charge in [0.25, 0.3) is 0 Å². The predicted molar refractivity (Wildman–Crippen MR) is 61.9 cm³/mol. The maximum atomic E-state index is 10.8. The van der Waals surface area contributed by atoms with E-state index in [0.717, 1.165) is 5.56 Å². The molecule has 1 unspecified atom stereocenters. The molecule has 0 bridgehead atoms. The number of rotatable bonds is 2. The van der Waals surface area contributed by atoms with Crippen molar-refractivity contribution in [3.63, 3.8) is 0 Å². The first-order valence-corrected chi connectivity index (χ1v) is 6.05. The van der Waals surface area contributed by atoms with Gasteiger partial charge >= 0.3 is 0 Å². The Labute approximate surface area is 87.8 Å². The summed E-state index contributed by atoms with van der Waals surface area (Å²) in [6.07, 6.45) is 1.52. The van der Waals surface area contributed by atoms with E-state index in [-0.39, 0.29) is 5.75 Å². The largest absolute Gasteiger partial charge is 0.506 e. The van der Waals surface area contributed by atoms with Crippen LogP contribution >= 0.6 is 0 Å². The van der Waals surface area contributed by atoms with Crippen LogP contribution in [0.1, 0.15) is 19.4 Å². The molecular weight excluding hydrogens is 198 g/mol. The van der Waals surface area contributed by atoms with Crippen LogP contribution in [0.3, 0.4) is 0 Å². The van der Waals surface area contributed by atoms with Gasteiger partial charge in [-0.15, -0.1) is 0 Å². The van der Waals surface area contributed by atoms with Crippen molar-refractivity contribution in [1.29, 1.82) is 0 Å². The van der Waals surface area contributed by atoms with Crippen LogP contribution in [-0.4, -0.2) is 15.6 Å². The zero-order chi connectivity index (χ0) is 11.1. The third kappa shape index (κ3) is 4.28. The van der Waals surface area contributed by atoms with E-state index in [2.05, 4.69) is 4.72 Å². The first-order chi connectivity index (χ1) is 6.59. The van der Waals surface area contributed by atoms with Gasteiger partial charge < -0.3 is 9.83 Å². The Morgan fingerprint density at radius 2 is 1.93 bits per heavy atom. The van der Waals surface area contributed by atoms with Gasteiger partial charge in [0.1, 0.15) is 16.7 Å². The minimum absolute atomic E-state index is 0.121. The fourth-order valence-electron chi connectivity index (χ4n) is 0.886. The maximum absolute atomic E-state index is 10.8. The highest BCUT2D eigenvalue weighted by molar-refractivity contribution is 7.85. The summed E-state index contributed by atoms with van der Waals surface area (Å²) >= 11 is 0. The summed E-state index contributed by atoms with van der Waals surface area (Å²) in [5.41, 5.74) is 1.52. The van der Waals surface area contributed by atoms with Crippen LogP contribution in [0.2, 0.25) is 0 Å². The Morgan fingerprint density at radius 1 is 1.36 bits per heavy atom. The molecule has 3 nitrogen and oxygen atoms in total. The molecular formula is C10H17NO2S. The Bertz CT molecular complexity index is 313. The molecule has 1 aromatic carbocycles. The van der Waals surface area contributed by atoms with E-state index in [4.69, 9.17) is 0 Å². The number of phenols is 1. The normalized spacial score (nSPS) is 11.1. The second-order valence-electron chi connectivity index (χ2n) is 2.58. The lowest BCUT2D eigenvalue weighted by atomic mass is 10.2. The highest BCUT2D eigenvalue weighted by Gasteiger charge is 2.00. The van der Waals surface area contributed by atoms with Gasteiger partial charge in [0.05, 0.1) is 5.69 Å². The zero-order valence-electron chi connectivity index (χ0n) is 9.00. The van der Waals surface area contributed by atoms with Crippen molar-refractivity contribution < 1.29 is 9.32 Å². The van der Waals surface area contributed by atoms with Crippen molar-refractivity contribution in [3.8, 4) is 5.75 Å². The van der Waals surface area contributed by atoms with Crippen molar-refractivity contribution in [1.82, 2.24) is 0 Å². The van der Waals surface area contributed by atoms with E-state index >= 15 is 0 Å². The molecule has 14 heavy (non-hydrogen) atoms. The van der Waals surface area contributed by atoms with E-state index in [1.165, 1.54) is 6.26 Å². The number of benzene rings is 1. The summed E-state index contributed by atoms with van der Waals surface area (Å²) in [5, 5.41) is 9.29. The van der Waals surface area contributed by atoms with Crippen molar-refractivity contribution >= 4 is 16.7 Å². The Hall–Kier alpha value is -1.03. The molecule has 0 aromatic heterocycles. The third-order valence-corrected chi connectivity index (χ3v) is 1.91. The molecule has 1 rings (SSSR count). The number of phenolic OH excluding ortho intramolecular Hbond substituents is 1. The fourth-order valence-corrected chi connectivity index (χ4v) is 1.36. The molecule has 1 atom stereocenters. The Balaban J connectivity index is 0.000000791. The average Bonchev–Trinajstić information content (AvgIpc) is 2.14. The molecule has 0 aliphatic heterocycles. The van der Waals surface area contributed by atoms with Crippen LogP contribution in [0.25, 0.3) is 0 Å². The molecule has 4 heteroatoms. The van der Waals surface area contributed by atoms with Gasteiger partial charge in [0.15, 0.2) is 0 Å². The minimum Gasteiger partial charge on any atom is -0.506 e.